The Hall–Kier alpha value is -0.0800. The van der Waals surface area contributed by atoms with E-state index >= 15 is 0 Å². The molecular weight excluding hydrogens is 244 g/mol. The molecule has 2 nitrogen and oxygen atoms in total. The van der Waals surface area contributed by atoms with Gasteiger partial charge >= 0.3 is 0 Å². The first-order valence-electron chi connectivity index (χ1n) is 9.09. The van der Waals surface area contributed by atoms with Crippen LogP contribution in [-0.4, -0.2) is 36.6 Å². The van der Waals surface area contributed by atoms with Gasteiger partial charge in [0.15, 0.2) is 0 Å². The van der Waals surface area contributed by atoms with Crippen LogP contribution in [0.3, 0.4) is 0 Å². The lowest BCUT2D eigenvalue weighted by Crippen LogP contribution is -2.47. The number of nitrogens with zero attached hydrogens (tertiary/aromatic N) is 1. The molecule has 120 valence electrons. The minimum atomic E-state index is 0.684. The standard InChI is InChI=1S/C18H38N2/c1-6-11-19-18-10-9-16(8-3)13-17(18)14-20(12-7-2)15(4)5/h15-19H,6-14H2,1-5H3. The molecule has 0 bridgehead atoms. The van der Waals surface area contributed by atoms with E-state index in [1.165, 1.54) is 58.2 Å². The predicted octanol–water partition coefficient (Wildman–Crippen LogP) is 4.30. The first-order chi connectivity index (χ1) is 9.62. The van der Waals surface area contributed by atoms with Crippen molar-refractivity contribution >= 4 is 0 Å². The van der Waals surface area contributed by atoms with Crippen molar-refractivity contribution in [2.75, 3.05) is 19.6 Å². The molecule has 1 aliphatic carbocycles. The molecule has 0 saturated heterocycles. The maximum absolute atomic E-state index is 3.83. The molecule has 20 heavy (non-hydrogen) atoms. The van der Waals surface area contributed by atoms with Crippen LogP contribution in [0.5, 0.6) is 0 Å². The molecule has 0 aromatic heterocycles. The second-order valence-electron chi connectivity index (χ2n) is 7.00. The molecule has 0 heterocycles. The van der Waals surface area contributed by atoms with E-state index in [-0.39, 0.29) is 0 Å². The molecule has 0 amide bonds. The molecule has 0 aliphatic heterocycles. The molecule has 0 spiro atoms. The van der Waals surface area contributed by atoms with Crippen molar-refractivity contribution in [3.05, 3.63) is 0 Å². The van der Waals surface area contributed by atoms with Gasteiger partial charge in [-0.1, -0.05) is 27.2 Å². The Morgan fingerprint density at radius 3 is 2.40 bits per heavy atom. The molecule has 0 radical (unpaired) electrons. The van der Waals surface area contributed by atoms with E-state index in [0.717, 1.165) is 17.9 Å². The van der Waals surface area contributed by atoms with Crippen molar-refractivity contribution in [1.82, 2.24) is 10.2 Å². The van der Waals surface area contributed by atoms with Crippen molar-refractivity contribution in [3.63, 3.8) is 0 Å². The highest BCUT2D eigenvalue weighted by Crippen LogP contribution is 2.32. The van der Waals surface area contributed by atoms with Gasteiger partial charge in [0.05, 0.1) is 0 Å². The maximum atomic E-state index is 3.83. The molecule has 1 fully saturated rings. The van der Waals surface area contributed by atoms with Gasteiger partial charge in [-0.25, -0.2) is 0 Å². The minimum Gasteiger partial charge on any atom is -0.314 e. The van der Waals surface area contributed by atoms with Crippen molar-refractivity contribution < 1.29 is 0 Å². The zero-order valence-corrected chi connectivity index (χ0v) is 14.6. The molecule has 3 unspecified atom stereocenters. The zero-order valence-electron chi connectivity index (χ0n) is 14.6. The average molecular weight is 283 g/mol. The van der Waals surface area contributed by atoms with E-state index in [1.54, 1.807) is 0 Å². The fourth-order valence-electron chi connectivity index (χ4n) is 3.68. The minimum absolute atomic E-state index is 0.684. The number of rotatable bonds is 9. The summed E-state index contributed by atoms with van der Waals surface area (Å²) < 4.78 is 0. The fourth-order valence-corrected chi connectivity index (χ4v) is 3.68. The van der Waals surface area contributed by atoms with E-state index in [2.05, 4.69) is 44.8 Å². The molecule has 1 aliphatic rings. The third kappa shape index (κ3) is 5.73. The number of nitrogens with one attached hydrogen (secondary N) is 1. The first-order valence-corrected chi connectivity index (χ1v) is 9.09. The van der Waals surface area contributed by atoms with Gasteiger partial charge in [0.25, 0.3) is 0 Å². The topological polar surface area (TPSA) is 15.3 Å². The second kappa shape index (κ2) is 9.78. The molecule has 1 N–H and O–H groups in total. The molecule has 1 saturated carbocycles. The third-order valence-corrected chi connectivity index (χ3v) is 5.04. The van der Waals surface area contributed by atoms with Crippen LogP contribution >= 0.6 is 0 Å². The summed E-state index contributed by atoms with van der Waals surface area (Å²) in [6.45, 7) is 15.4. The fraction of sp³-hybridized carbons (Fsp3) is 1.00. The van der Waals surface area contributed by atoms with Crippen LogP contribution in [0.4, 0.5) is 0 Å². The average Bonchev–Trinajstić information content (AvgIpc) is 2.45. The van der Waals surface area contributed by atoms with Crippen molar-refractivity contribution in [1.29, 1.82) is 0 Å². The maximum Gasteiger partial charge on any atom is 0.0108 e. The highest BCUT2D eigenvalue weighted by Gasteiger charge is 2.30. The van der Waals surface area contributed by atoms with Crippen molar-refractivity contribution in [2.45, 2.75) is 85.2 Å². The predicted molar refractivity (Wildman–Crippen MR) is 90.2 cm³/mol. The SMILES string of the molecule is CCCNC1CCC(CC)CC1CN(CCC)C(C)C. The van der Waals surface area contributed by atoms with Gasteiger partial charge in [-0.05, 0) is 70.9 Å². The van der Waals surface area contributed by atoms with Gasteiger partial charge in [0.1, 0.15) is 0 Å². The van der Waals surface area contributed by atoms with Crippen LogP contribution in [0.25, 0.3) is 0 Å². The highest BCUT2D eigenvalue weighted by atomic mass is 15.1. The van der Waals surface area contributed by atoms with E-state index < -0.39 is 0 Å². The zero-order chi connectivity index (χ0) is 15.0. The summed E-state index contributed by atoms with van der Waals surface area (Å²) in [5.74, 6) is 1.82. The molecule has 0 aromatic carbocycles. The summed E-state index contributed by atoms with van der Waals surface area (Å²) in [5, 5.41) is 3.83. The van der Waals surface area contributed by atoms with E-state index in [4.69, 9.17) is 0 Å². The normalized spacial score (nSPS) is 27.4. The lowest BCUT2D eigenvalue weighted by atomic mass is 9.76. The van der Waals surface area contributed by atoms with Crippen LogP contribution in [-0.2, 0) is 0 Å². The van der Waals surface area contributed by atoms with E-state index in [9.17, 15) is 0 Å². The lowest BCUT2D eigenvalue weighted by Gasteiger charge is -2.40. The summed E-state index contributed by atoms with van der Waals surface area (Å²) in [6, 6.07) is 1.44. The van der Waals surface area contributed by atoms with Crippen LogP contribution < -0.4 is 5.32 Å². The quantitative estimate of drug-likeness (QED) is 0.678. The first kappa shape index (κ1) is 18.0. The van der Waals surface area contributed by atoms with Gasteiger partial charge in [0, 0.05) is 18.6 Å². The second-order valence-corrected chi connectivity index (χ2v) is 7.00. The van der Waals surface area contributed by atoms with Gasteiger partial charge < -0.3 is 10.2 Å². The smallest absolute Gasteiger partial charge is 0.0108 e. The Labute approximate surface area is 127 Å². The van der Waals surface area contributed by atoms with Crippen molar-refractivity contribution in [2.24, 2.45) is 11.8 Å². The van der Waals surface area contributed by atoms with Crippen LogP contribution in [0.1, 0.15) is 73.1 Å². The van der Waals surface area contributed by atoms with Crippen LogP contribution in [0, 0.1) is 11.8 Å². The lowest BCUT2D eigenvalue weighted by molar-refractivity contribution is 0.118. The number of hydrogen-bond donors (Lipinski definition) is 1. The summed E-state index contributed by atoms with van der Waals surface area (Å²) in [7, 11) is 0. The summed E-state index contributed by atoms with van der Waals surface area (Å²) in [4.78, 5) is 2.70. The highest BCUT2D eigenvalue weighted by molar-refractivity contribution is 4.87. The van der Waals surface area contributed by atoms with E-state index in [1.807, 2.05) is 0 Å². The Morgan fingerprint density at radius 1 is 1.10 bits per heavy atom. The van der Waals surface area contributed by atoms with Crippen LogP contribution in [0.2, 0.25) is 0 Å². The molecule has 1 rings (SSSR count). The molecular formula is C18H38N2. The molecule has 0 aromatic rings. The van der Waals surface area contributed by atoms with E-state index in [0.29, 0.717) is 6.04 Å². The summed E-state index contributed by atoms with van der Waals surface area (Å²) >= 11 is 0. The van der Waals surface area contributed by atoms with Gasteiger partial charge in [0.2, 0.25) is 0 Å². The van der Waals surface area contributed by atoms with Gasteiger partial charge in [-0.2, -0.15) is 0 Å². The van der Waals surface area contributed by atoms with Crippen molar-refractivity contribution in [3.8, 4) is 0 Å². The Kier molecular flexibility index (Phi) is 8.79. The Bertz CT molecular complexity index is 240. The van der Waals surface area contributed by atoms with Crippen LogP contribution in [0.15, 0.2) is 0 Å². The Balaban J connectivity index is 2.61. The Morgan fingerprint density at radius 2 is 1.85 bits per heavy atom. The summed E-state index contributed by atoms with van der Waals surface area (Å²) in [5.41, 5.74) is 0. The molecule has 2 heteroatoms. The number of hydrogen-bond acceptors (Lipinski definition) is 2. The third-order valence-electron chi connectivity index (χ3n) is 5.04. The monoisotopic (exact) mass is 282 g/mol. The summed E-state index contributed by atoms with van der Waals surface area (Å²) in [6.07, 6.45) is 8.15. The molecule has 3 atom stereocenters. The largest absolute Gasteiger partial charge is 0.314 e. The van der Waals surface area contributed by atoms with Gasteiger partial charge in [-0.3, -0.25) is 0 Å². The van der Waals surface area contributed by atoms with Gasteiger partial charge in [-0.15, -0.1) is 0 Å².